The monoisotopic (exact) mass is 100 g/mol. The molecule has 0 spiro atoms. The molecule has 0 aliphatic rings. The quantitative estimate of drug-likeness (QED) is 0.491. The maximum atomic E-state index is 9.43. The van der Waals surface area contributed by atoms with Gasteiger partial charge in [-0.25, -0.2) is 0 Å². The van der Waals surface area contributed by atoms with Crippen molar-refractivity contribution in [3.05, 3.63) is 17.7 Å². The van der Waals surface area contributed by atoms with E-state index in [-0.39, 0.29) is 6.67 Å². The van der Waals surface area contributed by atoms with E-state index in [4.69, 9.17) is 0 Å². The van der Waals surface area contributed by atoms with Crippen molar-refractivity contribution in [1.29, 1.82) is 0 Å². The highest BCUT2D eigenvalue weighted by molar-refractivity contribution is 4.63. The zero-order chi connectivity index (χ0) is 5.70. The van der Waals surface area contributed by atoms with E-state index >= 15 is 0 Å². The van der Waals surface area contributed by atoms with E-state index in [1.165, 1.54) is 0 Å². The standard InChI is InChI=1S/C4H8N2O/c1-3-6(2)4-5-7/h3H,1,4H2,2H3. The van der Waals surface area contributed by atoms with Crippen molar-refractivity contribution in [2.75, 3.05) is 13.7 Å². The zero-order valence-electron chi connectivity index (χ0n) is 4.29. The smallest absolute Gasteiger partial charge is 0.152 e. The van der Waals surface area contributed by atoms with Crippen LogP contribution in [0.3, 0.4) is 0 Å². The summed E-state index contributed by atoms with van der Waals surface area (Å²) in [6.07, 6.45) is 1.54. The van der Waals surface area contributed by atoms with Crippen molar-refractivity contribution in [2.45, 2.75) is 0 Å². The first-order chi connectivity index (χ1) is 3.31. The number of nitrogens with zero attached hydrogens (tertiary/aromatic N) is 2. The van der Waals surface area contributed by atoms with Crippen LogP contribution in [0.4, 0.5) is 0 Å². The molecule has 0 radical (unpaired) electrons. The summed E-state index contributed by atoms with van der Waals surface area (Å²) in [6, 6.07) is 0. The fourth-order valence-corrected chi connectivity index (χ4v) is 0.149. The van der Waals surface area contributed by atoms with Gasteiger partial charge in [0.25, 0.3) is 0 Å². The summed E-state index contributed by atoms with van der Waals surface area (Å²) in [5, 5.41) is 2.61. The maximum absolute atomic E-state index is 9.43. The Bertz CT molecular complexity index is 72.1. The minimum atomic E-state index is 0.184. The van der Waals surface area contributed by atoms with Crippen LogP contribution in [-0.2, 0) is 0 Å². The lowest BCUT2D eigenvalue weighted by atomic mass is 10.8. The molecule has 40 valence electrons. The average Bonchev–Trinajstić information content (AvgIpc) is 1.68. The van der Waals surface area contributed by atoms with E-state index in [2.05, 4.69) is 11.8 Å². The minimum absolute atomic E-state index is 0.184. The SMILES string of the molecule is C=CN(C)CN=O. The van der Waals surface area contributed by atoms with Crippen LogP contribution in [0.5, 0.6) is 0 Å². The second kappa shape index (κ2) is 3.33. The van der Waals surface area contributed by atoms with Gasteiger partial charge in [0, 0.05) is 7.05 Å². The largest absolute Gasteiger partial charge is 0.359 e. The molecule has 7 heavy (non-hydrogen) atoms. The van der Waals surface area contributed by atoms with Crippen LogP contribution in [0.2, 0.25) is 0 Å². The van der Waals surface area contributed by atoms with Gasteiger partial charge in [-0.05, 0) is 11.4 Å². The van der Waals surface area contributed by atoms with Crippen LogP contribution in [-0.4, -0.2) is 18.6 Å². The number of hydrogen-bond acceptors (Lipinski definition) is 3. The van der Waals surface area contributed by atoms with E-state index in [9.17, 15) is 4.91 Å². The number of nitroso groups, excluding NO2 is 1. The predicted molar refractivity (Wildman–Crippen MR) is 28.6 cm³/mol. The Balaban J connectivity index is 3.15. The fourth-order valence-electron chi connectivity index (χ4n) is 0.149. The van der Waals surface area contributed by atoms with Crippen molar-refractivity contribution >= 4 is 0 Å². The van der Waals surface area contributed by atoms with Crippen LogP contribution < -0.4 is 0 Å². The topological polar surface area (TPSA) is 32.7 Å². The number of hydrogen-bond donors (Lipinski definition) is 0. The summed E-state index contributed by atoms with van der Waals surface area (Å²) in [4.78, 5) is 11.0. The molecule has 0 saturated heterocycles. The molecule has 3 heteroatoms. The summed E-state index contributed by atoms with van der Waals surface area (Å²) in [7, 11) is 1.73. The Morgan fingerprint density at radius 2 is 2.57 bits per heavy atom. The first-order valence-electron chi connectivity index (χ1n) is 1.93. The van der Waals surface area contributed by atoms with Crippen LogP contribution >= 0.6 is 0 Å². The van der Waals surface area contributed by atoms with Crippen LogP contribution in [0.15, 0.2) is 18.0 Å². The second-order valence-corrected chi connectivity index (χ2v) is 1.21. The van der Waals surface area contributed by atoms with Crippen molar-refractivity contribution in [3.8, 4) is 0 Å². The molecule has 0 aliphatic carbocycles. The van der Waals surface area contributed by atoms with Crippen molar-refractivity contribution in [3.63, 3.8) is 0 Å². The van der Waals surface area contributed by atoms with Crippen LogP contribution in [0.1, 0.15) is 0 Å². The fraction of sp³-hybridized carbons (Fsp3) is 0.500. The normalized spacial score (nSPS) is 7.57. The Labute approximate surface area is 42.6 Å². The van der Waals surface area contributed by atoms with Gasteiger partial charge in [-0.2, -0.15) is 0 Å². The van der Waals surface area contributed by atoms with E-state index in [0.717, 1.165) is 0 Å². The minimum Gasteiger partial charge on any atom is -0.359 e. The molecule has 0 aromatic carbocycles. The number of rotatable bonds is 3. The van der Waals surface area contributed by atoms with Gasteiger partial charge in [-0.3, -0.25) is 0 Å². The van der Waals surface area contributed by atoms with E-state index in [1.807, 2.05) is 0 Å². The van der Waals surface area contributed by atoms with Gasteiger partial charge in [0.2, 0.25) is 0 Å². The van der Waals surface area contributed by atoms with E-state index < -0.39 is 0 Å². The first kappa shape index (κ1) is 6.14. The van der Waals surface area contributed by atoms with Gasteiger partial charge in [-0.1, -0.05) is 6.58 Å². The van der Waals surface area contributed by atoms with E-state index in [1.54, 1.807) is 18.1 Å². The predicted octanol–water partition coefficient (Wildman–Crippen LogP) is 0.786. The summed E-state index contributed by atoms with van der Waals surface area (Å²) < 4.78 is 0. The third kappa shape index (κ3) is 2.96. The Kier molecular flexibility index (Phi) is 2.92. The third-order valence-corrected chi connectivity index (χ3v) is 0.592. The third-order valence-electron chi connectivity index (χ3n) is 0.592. The molecule has 0 aliphatic heterocycles. The average molecular weight is 100 g/mol. The Morgan fingerprint density at radius 1 is 2.00 bits per heavy atom. The summed E-state index contributed by atoms with van der Waals surface area (Å²) in [5.41, 5.74) is 0. The molecule has 0 bridgehead atoms. The zero-order valence-corrected chi connectivity index (χ0v) is 4.29. The molecule has 0 heterocycles. The lowest BCUT2D eigenvalue weighted by Gasteiger charge is -2.03. The van der Waals surface area contributed by atoms with Gasteiger partial charge in [0.1, 0.15) is 0 Å². The van der Waals surface area contributed by atoms with Gasteiger partial charge < -0.3 is 4.90 Å². The van der Waals surface area contributed by atoms with Gasteiger partial charge in [0.05, 0.1) is 0 Å². The lowest BCUT2D eigenvalue weighted by Crippen LogP contribution is -2.08. The Hall–Kier alpha value is -0.860. The summed E-state index contributed by atoms with van der Waals surface area (Å²) in [5.74, 6) is 0. The van der Waals surface area contributed by atoms with Crippen molar-refractivity contribution in [1.82, 2.24) is 4.90 Å². The molecule has 0 amide bonds. The molecule has 0 unspecified atom stereocenters. The molecular formula is C4H8N2O. The molecule has 0 N–H and O–H groups in total. The molecule has 0 rings (SSSR count). The van der Waals surface area contributed by atoms with Crippen molar-refractivity contribution < 1.29 is 0 Å². The van der Waals surface area contributed by atoms with Gasteiger partial charge in [0.15, 0.2) is 6.67 Å². The first-order valence-corrected chi connectivity index (χ1v) is 1.93. The Morgan fingerprint density at radius 3 is 2.71 bits per heavy atom. The van der Waals surface area contributed by atoms with Crippen LogP contribution in [0.25, 0.3) is 0 Å². The second-order valence-electron chi connectivity index (χ2n) is 1.21. The molecule has 0 saturated carbocycles. The highest BCUT2D eigenvalue weighted by Crippen LogP contribution is 1.78. The van der Waals surface area contributed by atoms with Gasteiger partial charge in [-0.15, -0.1) is 4.91 Å². The molecule has 0 aromatic rings. The summed E-state index contributed by atoms with van der Waals surface area (Å²) in [6.45, 7) is 3.59. The summed E-state index contributed by atoms with van der Waals surface area (Å²) >= 11 is 0. The molecule has 0 atom stereocenters. The van der Waals surface area contributed by atoms with Gasteiger partial charge >= 0.3 is 0 Å². The van der Waals surface area contributed by atoms with E-state index in [0.29, 0.717) is 0 Å². The highest BCUT2D eigenvalue weighted by Gasteiger charge is 1.81. The van der Waals surface area contributed by atoms with Crippen molar-refractivity contribution in [2.24, 2.45) is 5.18 Å². The highest BCUT2D eigenvalue weighted by atomic mass is 16.3. The molecule has 3 nitrogen and oxygen atoms in total. The van der Waals surface area contributed by atoms with Crippen LogP contribution in [0, 0.1) is 4.91 Å². The molecule has 0 fully saturated rings. The lowest BCUT2D eigenvalue weighted by molar-refractivity contribution is 0.473. The maximum Gasteiger partial charge on any atom is 0.152 e. The molecular weight excluding hydrogens is 92.1 g/mol. The molecule has 0 aromatic heterocycles.